The van der Waals surface area contributed by atoms with Crippen LogP contribution in [0.15, 0.2) is 0 Å². The SMILES string of the molecule is O=C(O)C1C2C(=O)CC3(SCCS3)C12. The standard InChI is InChI=1S/C9H10O3S2/c10-4-3-9(13-1-2-14-9)7-5(4)6(7)8(11)12/h5-7H,1-3H2,(H,11,12). The number of Topliss-reactive ketones (excluding diaryl/α,β-unsaturated/α-hetero) is 1. The second kappa shape index (κ2) is 2.70. The lowest BCUT2D eigenvalue weighted by Crippen LogP contribution is -2.23. The van der Waals surface area contributed by atoms with Crippen molar-refractivity contribution >= 4 is 35.3 Å². The van der Waals surface area contributed by atoms with E-state index in [1.165, 1.54) is 0 Å². The van der Waals surface area contributed by atoms with Crippen molar-refractivity contribution in [3.8, 4) is 0 Å². The van der Waals surface area contributed by atoms with E-state index in [-0.39, 0.29) is 27.6 Å². The molecule has 1 spiro atoms. The zero-order valence-corrected chi connectivity index (χ0v) is 9.07. The van der Waals surface area contributed by atoms with Gasteiger partial charge in [-0.2, -0.15) is 0 Å². The van der Waals surface area contributed by atoms with Gasteiger partial charge in [-0.3, -0.25) is 9.59 Å². The monoisotopic (exact) mass is 230 g/mol. The lowest BCUT2D eigenvalue weighted by molar-refractivity contribution is -0.140. The first kappa shape index (κ1) is 9.09. The minimum Gasteiger partial charge on any atom is -0.481 e. The molecule has 3 fully saturated rings. The number of hydrogen-bond acceptors (Lipinski definition) is 4. The van der Waals surface area contributed by atoms with Gasteiger partial charge in [-0.1, -0.05) is 0 Å². The van der Waals surface area contributed by atoms with Crippen molar-refractivity contribution in [2.75, 3.05) is 11.5 Å². The molecule has 1 saturated heterocycles. The lowest BCUT2D eigenvalue weighted by atomic mass is 10.1. The van der Waals surface area contributed by atoms with E-state index in [0.717, 1.165) is 11.5 Å². The van der Waals surface area contributed by atoms with Crippen LogP contribution in [0.1, 0.15) is 6.42 Å². The van der Waals surface area contributed by atoms with E-state index >= 15 is 0 Å². The van der Waals surface area contributed by atoms with Gasteiger partial charge in [0.2, 0.25) is 0 Å². The summed E-state index contributed by atoms with van der Waals surface area (Å²) in [5, 5.41) is 8.95. The predicted octanol–water partition coefficient (Wildman–Crippen LogP) is 1.08. The molecule has 1 heterocycles. The molecule has 0 radical (unpaired) electrons. The highest BCUT2D eigenvalue weighted by atomic mass is 32.2. The summed E-state index contributed by atoms with van der Waals surface area (Å²) in [6.07, 6.45) is 0.599. The molecule has 0 aromatic rings. The van der Waals surface area contributed by atoms with Crippen molar-refractivity contribution in [2.45, 2.75) is 10.5 Å². The summed E-state index contributed by atoms with van der Waals surface area (Å²) in [6, 6.07) is 0. The molecule has 2 saturated carbocycles. The van der Waals surface area contributed by atoms with Gasteiger partial charge in [0.1, 0.15) is 5.78 Å². The topological polar surface area (TPSA) is 54.4 Å². The van der Waals surface area contributed by atoms with Crippen molar-refractivity contribution < 1.29 is 14.7 Å². The number of ketones is 1. The molecule has 3 aliphatic rings. The summed E-state index contributed by atoms with van der Waals surface area (Å²) in [6.45, 7) is 0. The first-order valence-electron chi connectivity index (χ1n) is 4.69. The van der Waals surface area contributed by atoms with Crippen LogP contribution in [-0.4, -0.2) is 32.4 Å². The summed E-state index contributed by atoms with van der Waals surface area (Å²) in [5.74, 6) is 1.15. The van der Waals surface area contributed by atoms with Gasteiger partial charge in [0.15, 0.2) is 0 Å². The number of rotatable bonds is 1. The molecule has 0 amide bonds. The Kier molecular flexibility index (Phi) is 1.75. The number of hydrogen-bond donors (Lipinski definition) is 1. The van der Waals surface area contributed by atoms with Gasteiger partial charge in [-0.05, 0) is 0 Å². The first-order valence-corrected chi connectivity index (χ1v) is 6.66. The number of carboxylic acid groups (broad SMARTS) is 1. The number of carbonyl (C=O) groups is 2. The number of thioether (sulfide) groups is 2. The highest BCUT2D eigenvalue weighted by Gasteiger charge is 2.73. The molecule has 3 unspecified atom stereocenters. The van der Waals surface area contributed by atoms with E-state index in [1.807, 2.05) is 0 Å². The van der Waals surface area contributed by atoms with Crippen molar-refractivity contribution in [3.05, 3.63) is 0 Å². The summed E-state index contributed by atoms with van der Waals surface area (Å²) >= 11 is 3.61. The number of fused-ring (bicyclic) bond motifs is 2. The normalized spacial score (nSPS) is 42.9. The summed E-state index contributed by atoms with van der Waals surface area (Å²) in [5.41, 5.74) is 0. The fourth-order valence-electron chi connectivity index (χ4n) is 2.81. The van der Waals surface area contributed by atoms with Crippen LogP contribution in [0.25, 0.3) is 0 Å². The van der Waals surface area contributed by atoms with E-state index in [1.54, 1.807) is 23.5 Å². The molecule has 14 heavy (non-hydrogen) atoms. The average molecular weight is 230 g/mol. The molecular weight excluding hydrogens is 220 g/mol. The van der Waals surface area contributed by atoms with E-state index in [9.17, 15) is 9.59 Å². The Morgan fingerprint density at radius 1 is 1.43 bits per heavy atom. The fraction of sp³-hybridized carbons (Fsp3) is 0.778. The van der Waals surface area contributed by atoms with E-state index in [0.29, 0.717) is 6.42 Å². The van der Waals surface area contributed by atoms with Gasteiger partial charge in [0.25, 0.3) is 0 Å². The largest absolute Gasteiger partial charge is 0.481 e. The third-order valence-corrected chi connectivity index (χ3v) is 6.97. The molecule has 76 valence electrons. The molecule has 3 nitrogen and oxygen atoms in total. The van der Waals surface area contributed by atoms with Crippen molar-refractivity contribution in [1.82, 2.24) is 0 Å². The Labute approximate surface area is 90.0 Å². The van der Waals surface area contributed by atoms with E-state index in [2.05, 4.69) is 0 Å². The van der Waals surface area contributed by atoms with E-state index in [4.69, 9.17) is 5.11 Å². The Morgan fingerprint density at radius 2 is 2.07 bits per heavy atom. The Hall–Kier alpha value is -0.160. The maximum Gasteiger partial charge on any atom is 0.307 e. The van der Waals surface area contributed by atoms with Crippen LogP contribution < -0.4 is 0 Å². The molecule has 1 N–H and O–H groups in total. The van der Waals surface area contributed by atoms with Crippen molar-refractivity contribution in [3.63, 3.8) is 0 Å². The number of aliphatic carboxylic acids is 1. The van der Waals surface area contributed by atoms with Crippen molar-refractivity contribution in [1.29, 1.82) is 0 Å². The van der Waals surface area contributed by atoms with Gasteiger partial charge < -0.3 is 5.11 Å². The van der Waals surface area contributed by atoms with Crippen LogP contribution >= 0.6 is 23.5 Å². The zero-order chi connectivity index (χ0) is 9.92. The molecular formula is C9H10O3S2. The molecule has 1 aliphatic heterocycles. The Bertz CT molecular complexity index is 318. The van der Waals surface area contributed by atoms with Crippen LogP contribution in [-0.2, 0) is 9.59 Å². The van der Waals surface area contributed by atoms with Gasteiger partial charge in [-0.15, -0.1) is 23.5 Å². The summed E-state index contributed by atoms with van der Waals surface area (Å²) in [7, 11) is 0. The van der Waals surface area contributed by atoms with Crippen molar-refractivity contribution in [2.24, 2.45) is 17.8 Å². The maximum absolute atomic E-state index is 11.6. The molecule has 2 aliphatic carbocycles. The average Bonchev–Trinajstić information content (AvgIpc) is 2.66. The second-order valence-corrected chi connectivity index (χ2v) is 7.18. The number of carboxylic acids is 1. The van der Waals surface area contributed by atoms with Crippen LogP contribution in [0.2, 0.25) is 0 Å². The van der Waals surface area contributed by atoms with Gasteiger partial charge >= 0.3 is 5.97 Å². The smallest absolute Gasteiger partial charge is 0.307 e. The third-order valence-electron chi connectivity index (χ3n) is 3.38. The van der Waals surface area contributed by atoms with Gasteiger partial charge in [0.05, 0.1) is 10.00 Å². The second-order valence-electron chi connectivity index (χ2n) is 4.07. The quantitative estimate of drug-likeness (QED) is 0.730. The van der Waals surface area contributed by atoms with Gasteiger partial charge in [-0.25, -0.2) is 0 Å². The molecule has 3 atom stereocenters. The minimum absolute atomic E-state index is 0.0508. The zero-order valence-electron chi connectivity index (χ0n) is 7.43. The molecule has 5 heteroatoms. The summed E-state index contributed by atoms with van der Waals surface area (Å²) in [4.78, 5) is 22.5. The Morgan fingerprint density at radius 3 is 2.57 bits per heavy atom. The van der Waals surface area contributed by atoms with Crippen LogP contribution in [0.4, 0.5) is 0 Å². The van der Waals surface area contributed by atoms with E-state index < -0.39 is 5.97 Å². The van der Waals surface area contributed by atoms with Crippen LogP contribution in [0, 0.1) is 17.8 Å². The van der Waals surface area contributed by atoms with Crippen LogP contribution in [0.5, 0.6) is 0 Å². The van der Waals surface area contributed by atoms with Gasteiger partial charge in [0, 0.05) is 29.8 Å². The third kappa shape index (κ3) is 0.972. The Balaban J connectivity index is 1.90. The first-order chi connectivity index (χ1) is 6.66. The maximum atomic E-state index is 11.6. The minimum atomic E-state index is -0.777. The number of carbonyl (C=O) groups excluding carboxylic acids is 1. The molecule has 0 bridgehead atoms. The molecule has 0 aromatic carbocycles. The highest BCUT2D eigenvalue weighted by molar-refractivity contribution is 8.21. The predicted molar refractivity (Wildman–Crippen MR) is 55.4 cm³/mol. The highest BCUT2D eigenvalue weighted by Crippen LogP contribution is 2.70. The fourth-order valence-corrected chi connectivity index (χ4v) is 6.46. The van der Waals surface area contributed by atoms with Crippen LogP contribution in [0.3, 0.4) is 0 Å². The summed E-state index contributed by atoms with van der Waals surface area (Å²) < 4.78 is -0.0508. The lowest BCUT2D eigenvalue weighted by Gasteiger charge is -2.22. The molecule has 3 rings (SSSR count). The molecule has 0 aromatic heterocycles.